The zero-order valence-electron chi connectivity index (χ0n) is 10.4. The van der Waals surface area contributed by atoms with Gasteiger partial charge >= 0.3 is 0 Å². The Kier molecular flexibility index (Phi) is 2.26. The number of ether oxygens (including phenoxy) is 2. The largest absolute Gasteiger partial charge is 0.476 e. The second-order valence-corrected chi connectivity index (χ2v) is 5.44. The Bertz CT molecular complexity index is 462. The van der Waals surface area contributed by atoms with Crippen molar-refractivity contribution in [2.75, 3.05) is 6.61 Å². The highest BCUT2D eigenvalue weighted by molar-refractivity contribution is 5.85. The lowest BCUT2D eigenvalue weighted by Gasteiger charge is -2.07. The molecular formula is C14H17NO2. The van der Waals surface area contributed by atoms with Crippen molar-refractivity contribution in [1.29, 1.82) is 0 Å². The molecule has 3 heteroatoms. The zero-order valence-corrected chi connectivity index (χ0v) is 10.4. The standard InChI is InChI=1S/C14H17NO2/c1-9-4-6-10(7-5-9)11-12(17-11)13-15-14(2,3)8-16-13/h4-7,11-12H,8H2,1-3H3/t11-,12?/m1/s1. The second-order valence-electron chi connectivity index (χ2n) is 5.44. The fraction of sp³-hybridized carbons (Fsp3) is 0.500. The first kappa shape index (κ1) is 10.8. The van der Waals surface area contributed by atoms with Gasteiger partial charge in [-0.1, -0.05) is 29.8 Å². The third kappa shape index (κ3) is 2.07. The number of epoxide rings is 1. The molecule has 0 spiro atoms. The molecule has 1 saturated heterocycles. The summed E-state index contributed by atoms with van der Waals surface area (Å²) in [5, 5.41) is 0. The molecule has 90 valence electrons. The van der Waals surface area contributed by atoms with Crippen LogP contribution in [0.15, 0.2) is 29.3 Å². The van der Waals surface area contributed by atoms with Gasteiger partial charge in [0.2, 0.25) is 5.90 Å². The van der Waals surface area contributed by atoms with Crippen molar-refractivity contribution in [2.45, 2.75) is 38.5 Å². The third-order valence-corrected chi connectivity index (χ3v) is 3.13. The monoisotopic (exact) mass is 231 g/mol. The highest BCUT2D eigenvalue weighted by Crippen LogP contribution is 2.41. The number of rotatable bonds is 2. The average Bonchev–Trinajstić information content (AvgIpc) is 2.98. The summed E-state index contributed by atoms with van der Waals surface area (Å²) in [4.78, 5) is 4.55. The SMILES string of the molecule is Cc1ccc([C@H]2OC2C2=NC(C)(C)CO2)cc1. The Balaban J connectivity index is 1.73. The molecular weight excluding hydrogens is 214 g/mol. The van der Waals surface area contributed by atoms with Gasteiger partial charge in [-0.05, 0) is 26.3 Å². The van der Waals surface area contributed by atoms with E-state index in [1.54, 1.807) is 0 Å². The highest BCUT2D eigenvalue weighted by atomic mass is 16.6. The van der Waals surface area contributed by atoms with E-state index in [9.17, 15) is 0 Å². The summed E-state index contributed by atoms with van der Waals surface area (Å²) in [7, 11) is 0. The summed E-state index contributed by atoms with van der Waals surface area (Å²) >= 11 is 0. The van der Waals surface area contributed by atoms with Crippen molar-refractivity contribution < 1.29 is 9.47 Å². The van der Waals surface area contributed by atoms with Gasteiger partial charge in [0.15, 0.2) is 6.10 Å². The topological polar surface area (TPSA) is 34.1 Å². The number of nitrogens with zero attached hydrogens (tertiary/aromatic N) is 1. The predicted octanol–water partition coefficient (Wildman–Crippen LogP) is 2.64. The van der Waals surface area contributed by atoms with Crippen molar-refractivity contribution in [2.24, 2.45) is 4.99 Å². The molecule has 1 aromatic carbocycles. The summed E-state index contributed by atoms with van der Waals surface area (Å²) in [5.41, 5.74) is 2.37. The molecule has 0 aliphatic carbocycles. The van der Waals surface area contributed by atoms with Crippen LogP contribution in [0.4, 0.5) is 0 Å². The molecule has 0 bridgehead atoms. The van der Waals surface area contributed by atoms with Crippen LogP contribution < -0.4 is 0 Å². The lowest BCUT2D eigenvalue weighted by atomic mass is 10.1. The van der Waals surface area contributed by atoms with Gasteiger partial charge in [0.1, 0.15) is 12.7 Å². The summed E-state index contributed by atoms with van der Waals surface area (Å²) in [6.45, 7) is 6.89. The van der Waals surface area contributed by atoms with Crippen molar-refractivity contribution in [3.63, 3.8) is 0 Å². The van der Waals surface area contributed by atoms with E-state index < -0.39 is 0 Å². The maximum absolute atomic E-state index is 5.66. The number of hydrogen-bond donors (Lipinski definition) is 0. The summed E-state index contributed by atoms with van der Waals surface area (Å²) in [6, 6.07) is 8.44. The molecule has 0 amide bonds. The van der Waals surface area contributed by atoms with E-state index in [2.05, 4.69) is 50.0 Å². The van der Waals surface area contributed by atoms with E-state index in [-0.39, 0.29) is 17.7 Å². The summed E-state index contributed by atoms with van der Waals surface area (Å²) < 4.78 is 11.3. The average molecular weight is 231 g/mol. The minimum absolute atomic E-state index is 0.0273. The molecule has 1 aromatic rings. The summed E-state index contributed by atoms with van der Waals surface area (Å²) in [5.74, 6) is 0.764. The van der Waals surface area contributed by atoms with E-state index in [1.165, 1.54) is 11.1 Å². The minimum atomic E-state index is -0.0981. The van der Waals surface area contributed by atoms with Gasteiger partial charge in [-0.25, -0.2) is 4.99 Å². The number of benzene rings is 1. The molecule has 0 N–H and O–H groups in total. The molecule has 1 fully saturated rings. The molecule has 0 saturated carbocycles. The molecule has 2 atom stereocenters. The van der Waals surface area contributed by atoms with Crippen LogP contribution in [0.25, 0.3) is 0 Å². The second kappa shape index (κ2) is 3.57. The van der Waals surface area contributed by atoms with Crippen LogP contribution in [-0.2, 0) is 9.47 Å². The minimum Gasteiger partial charge on any atom is -0.476 e. The van der Waals surface area contributed by atoms with Gasteiger partial charge < -0.3 is 9.47 Å². The number of aliphatic imine (C=N–C) groups is 1. The Morgan fingerprint density at radius 3 is 2.47 bits per heavy atom. The predicted molar refractivity (Wildman–Crippen MR) is 66.3 cm³/mol. The van der Waals surface area contributed by atoms with E-state index >= 15 is 0 Å². The normalized spacial score (nSPS) is 29.7. The maximum Gasteiger partial charge on any atom is 0.217 e. The quantitative estimate of drug-likeness (QED) is 0.733. The Morgan fingerprint density at radius 1 is 1.18 bits per heavy atom. The molecule has 2 aliphatic rings. The smallest absolute Gasteiger partial charge is 0.217 e. The highest BCUT2D eigenvalue weighted by Gasteiger charge is 2.48. The van der Waals surface area contributed by atoms with Crippen LogP contribution in [0.5, 0.6) is 0 Å². The molecule has 1 unspecified atom stereocenters. The van der Waals surface area contributed by atoms with Crippen molar-refractivity contribution in [3.8, 4) is 0 Å². The Morgan fingerprint density at radius 2 is 1.88 bits per heavy atom. The van der Waals surface area contributed by atoms with E-state index in [0.29, 0.717) is 6.61 Å². The zero-order chi connectivity index (χ0) is 12.0. The first-order valence-corrected chi connectivity index (χ1v) is 6.00. The van der Waals surface area contributed by atoms with Crippen LogP contribution in [0, 0.1) is 6.92 Å². The lowest BCUT2D eigenvalue weighted by molar-refractivity contribution is 0.266. The fourth-order valence-electron chi connectivity index (χ4n) is 2.07. The van der Waals surface area contributed by atoms with Crippen LogP contribution >= 0.6 is 0 Å². The van der Waals surface area contributed by atoms with E-state index in [4.69, 9.17) is 9.47 Å². The van der Waals surface area contributed by atoms with E-state index in [1.807, 2.05) is 0 Å². The molecule has 17 heavy (non-hydrogen) atoms. The molecule has 3 rings (SSSR count). The van der Waals surface area contributed by atoms with Gasteiger partial charge in [-0.15, -0.1) is 0 Å². The fourth-order valence-corrected chi connectivity index (χ4v) is 2.07. The van der Waals surface area contributed by atoms with Crippen LogP contribution in [0.2, 0.25) is 0 Å². The van der Waals surface area contributed by atoms with Gasteiger partial charge in [-0.3, -0.25) is 0 Å². The van der Waals surface area contributed by atoms with Gasteiger partial charge in [0.05, 0.1) is 5.54 Å². The Labute approximate surface area is 101 Å². The van der Waals surface area contributed by atoms with Gasteiger partial charge in [0, 0.05) is 0 Å². The van der Waals surface area contributed by atoms with Crippen molar-refractivity contribution >= 4 is 5.90 Å². The van der Waals surface area contributed by atoms with Crippen molar-refractivity contribution in [1.82, 2.24) is 0 Å². The maximum atomic E-state index is 5.66. The van der Waals surface area contributed by atoms with Gasteiger partial charge in [-0.2, -0.15) is 0 Å². The van der Waals surface area contributed by atoms with Gasteiger partial charge in [0.25, 0.3) is 0 Å². The first-order valence-electron chi connectivity index (χ1n) is 6.00. The van der Waals surface area contributed by atoms with Crippen molar-refractivity contribution in [3.05, 3.63) is 35.4 Å². The third-order valence-electron chi connectivity index (χ3n) is 3.13. The van der Waals surface area contributed by atoms with Crippen LogP contribution in [-0.4, -0.2) is 24.1 Å². The molecule has 0 radical (unpaired) electrons. The first-order chi connectivity index (χ1) is 8.05. The number of aryl methyl sites for hydroxylation is 1. The molecule has 2 aliphatic heterocycles. The Hall–Kier alpha value is -1.35. The molecule has 2 heterocycles. The van der Waals surface area contributed by atoms with Crippen LogP contribution in [0.3, 0.4) is 0 Å². The summed E-state index contributed by atoms with van der Waals surface area (Å²) in [6.07, 6.45) is 0.155. The van der Waals surface area contributed by atoms with Crippen LogP contribution in [0.1, 0.15) is 31.1 Å². The lowest BCUT2D eigenvalue weighted by Crippen LogP contribution is -2.17. The number of hydrogen-bond acceptors (Lipinski definition) is 3. The van der Waals surface area contributed by atoms with E-state index in [0.717, 1.165) is 5.90 Å². The molecule has 0 aromatic heterocycles. The molecule has 3 nitrogen and oxygen atoms in total.